The molecule has 0 fully saturated rings. The number of nitrogens with zero attached hydrogens (tertiary/aromatic N) is 2. The van der Waals surface area contributed by atoms with Gasteiger partial charge in [-0.25, -0.2) is 0 Å². The lowest BCUT2D eigenvalue weighted by Gasteiger charge is -2.26. The average Bonchev–Trinajstić information content (AvgIpc) is 3.06. The van der Waals surface area contributed by atoms with Crippen molar-refractivity contribution in [3.8, 4) is 0 Å². The van der Waals surface area contributed by atoms with Crippen molar-refractivity contribution in [3.05, 3.63) is 88.8 Å². The summed E-state index contributed by atoms with van der Waals surface area (Å²) in [5, 5.41) is 4.45. The van der Waals surface area contributed by atoms with Crippen LogP contribution >= 0.6 is 0 Å². The molecule has 0 saturated carbocycles. The molecule has 1 aliphatic rings. The summed E-state index contributed by atoms with van der Waals surface area (Å²) >= 11 is 0. The van der Waals surface area contributed by atoms with E-state index in [-0.39, 0.29) is 18.4 Å². The van der Waals surface area contributed by atoms with Gasteiger partial charge in [-0.3, -0.25) is 9.69 Å². The molecule has 0 spiro atoms. The Morgan fingerprint density at radius 2 is 1.69 bits per heavy atom. The van der Waals surface area contributed by atoms with Gasteiger partial charge in [0.25, 0.3) is 0 Å². The molecular formula is C21H21N3O2. The zero-order valence-electron chi connectivity index (χ0n) is 14.5. The Kier molecular flexibility index (Phi) is 4.54. The molecule has 2 aromatic carbocycles. The van der Waals surface area contributed by atoms with Crippen molar-refractivity contribution in [1.29, 1.82) is 0 Å². The second-order valence-corrected chi connectivity index (χ2v) is 6.65. The molecule has 2 heterocycles. The maximum absolute atomic E-state index is 11.3. The fraction of sp³-hybridized carbons (Fsp3) is 0.238. The van der Waals surface area contributed by atoms with Gasteiger partial charge >= 0.3 is 0 Å². The summed E-state index contributed by atoms with van der Waals surface area (Å²) in [5.41, 5.74) is 9.72. The highest BCUT2D eigenvalue weighted by Gasteiger charge is 2.30. The largest absolute Gasteiger partial charge is 0.369 e. The summed E-state index contributed by atoms with van der Waals surface area (Å²) in [6.45, 7) is 1.64. The minimum atomic E-state index is -0.311. The molecule has 4 rings (SSSR count). The van der Waals surface area contributed by atoms with Gasteiger partial charge in [0.05, 0.1) is 12.5 Å². The molecule has 1 aliphatic heterocycles. The number of carbonyl (C=O) groups excluding carboxylic acids is 1. The molecule has 0 atom stereocenters. The number of primary amides is 1. The molecule has 5 heteroatoms. The first-order valence-corrected chi connectivity index (χ1v) is 8.80. The first kappa shape index (κ1) is 16.5. The van der Waals surface area contributed by atoms with Crippen LogP contribution < -0.4 is 5.73 Å². The molecule has 5 nitrogen and oxygen atoms in total. The van der Waals surface area contributed by atoms with Crippen molar-refractivity contribution in [2.45, 2.75) is 18.9 Å². The van der Waals surface area contributed by atoms with Crippen LogP contribution in [0.4, 0.5) is 0 Å². The number of fused-ring (bicyclic) bond motifs is 1. The fourth-order valence-corrected chi connectivity index (χ4v) is 3.67. The van der Waals surface area contributed by atoms with E-state index in [4.69, 9.17) is 10.3 Å². The van der Waals surface area contributed by atoms with Gasteiger partial charge in [-0.2, -0.15) is 0 Å². The highest BCUT2D eigenvalue weighted by Crippen LogP contribution is 2.36. The molecule has 0 bridgehead atoms. The van der Waals surface area contributed by atoms with Gasteiger partial charge in [0, 0.05) is 25.1 Å². The number of aromatic nitrogens is 1. The topological polar surface area (TPSA) is 72.4 Å². The summed E-state index contributed by atoms with van der Waals surface area (Å²) in [6.07, 6.45) is 0.742. The molecule has 132 valence electrons. The lowest BCUT2D eigenvalue weighted by atomic mass is 9.85. The van der Waals surface area contributed by atoms with Gasteiger partial charge in [-0.05, 0) is 11.1 Å². The Labute approximate surface area is 152 Å². The quantitative estimate of drug-likeness (QED) is 0.770. The summed E-state index contributed by atoms with van der Waals surface area (Å²) in [4.78, 5) is 13.4. The molecule has 0 unspecified atom stereocenters. The minimum Gasteiger partial charge on any atom is -0.369 e. The first-order chi connectivity index (χ1) is 12.7. The summed E-state index contributed by atoms with van der Waals surface area (Å²) in [6, 6.07) is 20.6. The first-order valence-electron chi connectivity index (χ1n) is 8.80. The standard InChI is InChI=1S/C21H21N3O2/c22-19(25)14-24-12-11-18-17(13-24)21(23-26-18)20(15-7-3-1-4-8-15)16-9-5-2-6-10-16/h1-10,20H,11-14H2,(H2,22,25). The third-order valence-electron chi connectivity index (χ3n) is 4.86. The maximum atomic E-state index is 11.3. The highest BCUT2D eigenvalue weighted by molar-refractivity contribution is 5.76. The molecule has 3 aromatic rings. The Balaban J connectivity index is 1.77. The highest BCUT2D eigenvalue weighted by atomic mass is 16.5. The Morgan fingerprint density at radius 3 is 2.27 bits per heavy atom. The zero-order chi connectivity index (χ0) is 17.9. The van der Waals surface area contributed by atoms with Gasteiger partial charge in [0.15, 0.2) is 0 Å². The van der Waals surface area contributed by atoms with Gasteiger partial charge in [-0.1, -0.05) is 65.8 Å². The van der Waals surface area contributed by atoms with Gasteiger partial charge in [0.1, 0.15) is 11.5 Å². The van der Waals surface area contributed by atoms with Crippen molar-refractivity contribution in [3.63, 3.8) is 0 Å². The van der Waals surface area contributed by atoms with E-state index in [1.54, 1.807) is 0 Å². The Hall–Kier alpha value is -2.92. The monoisotopic (exact) mass is 347 g/mol. The van der Waals surface area contributed by atoms with Crippen LogP contribution in [-0.4, -0.2) is 29.1 Å². The van der Waals surface area contributed by atoms with Crippen molar-refractivity contribution in [2.75, 3.05) is 13.1 Å². The minimum absolute atomic E-state index is 0.00146. The number of carbonyl (C=O) groups is 1. The third kappa shape index (κ3) is 3.26. The number of amides is 1. The molecule has 2 N–H and O–H groups in total. The number of hydrogen-bond donors (Lipinski definition) is 1. The van der Waals surface area contributed by atoms with E-state index in [0.29, 0.717) is 6.54 Å². The van der Waals surface area contributed by atoms with Crippen molar-refractivity contribution in [1.82, 2.24) is 10.1 Å². The van der Waals surface area contributed by atoms with E-state index < -0.39 is 0 Å². The number of rotatable bonds is 5. The van der Waals surface area contributed by atoms with Gasteiger partial charge in [-0.15, -0.1) is 0 Å². The van der Waals surface area contributed by atoms with Crippen LogP contribution in [0.25, 0.3) is 0 Å². The maximum Gasteiger partial charge on any atom is 0.231 e. The second-order valence-electron chi connectivity index (χ2n) is 6.65. The number of hydrogen-bond acceptors (Lipinski definition) is 4. The van der Waals surface area contributed by atoms with Crippen LogP contribution in [0.2, 0.25) is 0 Å². The smallest absolute Gasteiger partial charge is 0.231 e. The lowest BCUT2D eigenvalue weighted by Crippen LogP contribution is -2.37. The van der Waals surface area contributed by atoms with E-state index in [2.05, 4.69) is 34.3 Å². The summed E-state index contributed by atoms with van der Waals surface area (Å²) in [7, 11) is 0. The molecule has 1 amide bonds. The lowest BCUT2D eigenvalue weighted by molar-refractivity contribution is -0.119. The summed E-state index contributed by atoms with van der Waals surface area (Å²) in [5.74, 6) is 0.602. The van der Waals surface area contributed by atoms with Crippen molar-refractivity contribution >= 4 is 5.91 Å². The van der Waals surface area contributed by atoms with Crippen LogP contribution in [0.1, 0.15) is 34.1 Å². The summed E-state index contributed by atoms with van der Waals surface area (Å²) < 4.78 is 5.67. The average molecular weight is 347 g/mol. The molecular weight excluding hydrogens is 326 g/mol. The van der Waals surface area contributed by atoms with Crippen LogP contribution in [-0.2, 0) is 17.8 Å². The zero-order valence-corrected chi connectivity index (χ0v) is 14.5. The Morgan fingerprint density at radius 1 is 1.08 bits per heavy atom. The predicted octanol–water partition coefficient (Wildman–Crippen LogP) is 2.70. The molecule has 0 saturated heterocycles. The SMILES string of the molecule is NC(=O)CN1CCc2onc(C(c3ccccc3)c3ccccc3)c2C1. The number of benzene rings is 2. The van der Waals surface area contributed by atoms with Crippen molar-refractivity contribution in [2.24, 2.45) is 5.73 Å². The molecule has 1 aromatic heterocycles. The van der Waals surface area contributed by atoms with Crippen LogP contribution in [0, 0.1) is 0 Å². The van der Waals surface area contributed by atoms with E-state index in [9.17, 15) is 4.79 Å². The fourth-order valence-electron chi connectivity index (χ4n) is 3.67. The van der Waals surface area contributed by atoms with Crippen LogP contribution in [0.3, 0.4) is 0 Å². The second kappa shape index (κ2) is 7.14. The van der Waals surface area contributed by atoms with E-state index >= 15 is 0 Å². The molecule has 26 heavy (non-hydrogen) atoms. The third-order valence-corrected chi connectivity index (χ3v) is 4.86. The van der Waals surface area contributed by atoms with E-state index in [0.717, 1.165) is 30.0 Å². The molecule has 0 aliphatic carbocycles. The van der Waals surface area contributed by atoms with Crippen LogP contribution in [0.5, 0.6) is 0 Å². The Bertz CT molecular complexity index is 851. The van der Waals surface area contributed by atoms with E-state index in [1.807, 2.05) is 36.4 Å². The van der Waals surface area contributed by atoms with Crippen LogP contribution in [0.15, 0.2) is 65.2 Å². The predicted molar refractivity (Wildman–Crippen MR) is 98.5 cm³/mol. The normalized spacial score (nSPS) is 14.3. The molecule has 0 radical (unpaired) electrons. The van der Waals surface area contributed by atoms with Gasteiger partial charge < -0.3 is 10.3 Å². The van der Waals surface area contributed by atoms with Gasteiger partial charge in [0.2, 0.25) is 5.91 Å². The van der Waals surface area contributed by atoms with E-state index in [1.165, 1.54) is 11.1 Å². The number of nitrogens with two attached hydrogens (primary N) is 1. The van der Waals surface area contributed by atoms with Crippen molar-refractivity contribution < 1.29 is 9.32 Å².